The van der Waals surface area contributed by atoms with Crippen molar-refractivity contribution in [1.29, 1.82) is 0 Å². The molecule has 0 aromatic heterocycles. The lowest BCUT2D eigenvalue weighted by Crippen LogP contribution is -2.49. The number of ether oxygens (including phenoxy) is 1. The van der Waals surface area contributed by atoms with E-state index in [-0.39, 0.29) is 30.7 Å². The number of fused-ring (bicyclic) bond motifs is 1. The van der Waals surface area contributed by atoms with Crippen LogP contribution in [0.5, 0.6) is 0 Å². The van der Waals surface area contributed by atoms with E-state index in [0.717, 1.165) is 4.90 Å². The average molecular weight is 357 g/mol. The summed E-state index contributed by atoms with van der Waals surface area (Å²) in [7, 11) is 0. The number of likely N-dealkylation sites (tertiary alicyclic amines) is 1. The Morgan fingerprint density at radius 1 is 1.08 bits per heavy atom. The number of amides is 4. The molecule has 1 aromatic carbocycles. The van der Waals surface area contributed by atoms with Crippen LogP contribution in [-0.4, -0.2) is 65.4 Å². The van der Waals surface area contributed by atoms with Gasteiger partial charge in [0, 0.05) is 38.9 Å². The Kier molecular flexibility index (Phi) is 3.90. The molecule has 8 nitrogen and oxygen atoms in total. The van der Waals surface area contributed by atoms with E-state index in [1.165, 1.54) is 0 Å². The first kappa shape index (κ1) is 16.6. The molecule has 0 atom stereocenters. The molecule has 4 amide bonds. The summed E-state index contributed by atoms with van der Waals surface area (Å²) in [6.07, 6.45) is 0.862. The lowest BCUT2D eigenvalue weighted by molar-refractivity contribution is -0.134. The van der Waals surface area contributed by atoms with Gasteiger partial charge in [0.1, 0.15) is 5.60 Å². The van der Waals surface area contributed by atoms with E-state index >= 15 is 0 Å². The van der Waals surface area contributed by atoms with Crippen molar-refractivity contribution < 1.29 is 23.9 Å². The summed E-state index contributed by atoms with van der Waals surface area (Å²) in [6.45, 7) is 1.54. The second kappa shape index (κ2) is 6.12. The molecule has 0 bridgehead atoms. The van der Waals surface area contributed by atoms with Gasteiger partial charge in [-0.2, -0.15) is 0 Å². The van der Waals surface area contributed by atoms with Crippen LogP contribution in [0.25, 0.3) is 0 Å². The van der Waals surface area contributed by atoms with E-state index in [1.807, 2.05) is 0 Å². The Labute approximate surface area is 150 Å². The number of benzene rings is 1. The molecular formula is C18H19N3O5. The van der Waals surface area contributed by atoms with Gasteiger partial charge in [0.05, 0.1) is 17.7 Å². The summed E-state index contributed by atoms with van der Waals surface area (Å²) >= 11 is 0. The largest absolute Gasteiger partial charge is 0.441 e. The van der Waals surface area contributed by atoms with E-state index in [9.17, 15) is 19.2 Å². The number of carbonyl (C=O) groups is 4. The minimum absolute atomic E-state index is 0.0728. The molecule has 0 unspecified atom stereocenters. The molecule has 26 heavy (non-hydrogen) atoms. The Morgan fingerprint density at radius 2 is 1.69 bits per heavy atom. The maximum absolute atomic E-state index is 12.5. The number of carbonyl (C=O) groups excluding carboxylic acids is 4. The number of nitrogens with one attached hydrogen (secondary N) is 1. The normalized spacial score (nSPS) is 21.0. The Bertz CT molecular complexity index is 763. The predicted octanol–water partition coefficient (Wildman–Crippen LogP) is 0.774. The molecule has 0 saturated carbocycles. The second-order valence-corrected chi connectivity index (χ2v) is 6.86. The minimum atomic E-state index is -0.504. The van der Waals surface area contributed by atoms with Crippen molar-refractivity contribution in [2.75, 3.05) is 26.2 Å². The molecular weight excluding hydrogens is 338 g/mol. The highest BCUT2D eigenvalue weighted by molar-refractivity contribution is 6.21. The van der Waals surface area contributed by atoms with Crippen molar-refractivity contribution in [1.82, 2.24) is 15.1 Å². The third-order valence-electron chi connectivity index (χ3n) is 5.32. The number of piperidine rings is 1. The maximum atomic E-state index is 12.5. The summed E-state index contributed by atoms with van der Waals surface area (Å²) in [5, 5.41) is 2.66. The number of hydrogen-bond acceptors (Lipinski definition) is 5. The van der Waals surface area contributed by atoms with Gasteiger partial charge in [0.2, 0.25) is 5.91 Å². The van der Waals surface area contributed by atoms with Gasteiger partial charge in [-0.1, -0.05) is 12.1 Å². The molecule has 0 radical (unpaired) electrons. The van der Waals surface area contributed by atoms with Crippen molar-refractivity contribution in [2.24, 2.45) is 0 Å². The third-order valence-corrected chi connectivity index (χ3v) is 5.32. The number of alkyl carbamates (subject to hydrolysis) is 1. The van der Waals surface area contributed by atoms with Gasteiger partial charge < -0.3 is 15.0 Å². The fourth-order valence-corrected chi connectivity index (χ4v) is 3.75. The van der Waals surface area contributed by atoms with Crippen LogP contribution in [0.15, 0.2) is 24.3 Å². The summed E-state index contributed by atoms with van der Waals surface area (Å²) in [4.78, 5) is 51.2. The quantitative estimate of drug-likeness (QED) is 0.806. The fraction of sp³-hybridized carbons (Fsp3) is 0.444. The first-order valence-electron chi connectivity index (χ1n) is 8.69. The molecule has 8 heteroatoms. The molecule has 136 valence electrons. The van der Waals surface area contributed by atoms with Crippen LogP contribution in [0.2, 0.25) is 0 Å². The average Bonchev–Trinajstić information content (AvgIpc) is 3.12. The fourth-order valence-electron chi connectivity index (χ4n) is 3.75. The van der Waals surface area contributed by atoms with E-state index in [1.54, 1.807) is 29.2 Å². The molecule has 0 aliphatic carbocycles. The molecule has 3 aliphatic heterocycles. The Morgan fingerprint density at radius 3 is 2.23 bits per heavy atom. The second-order valence-electron chi connectivity index (χ2n) is 6.86. The highest BCUT2D eigenvalue weighted by atomic mass is 16.6. The highest BCUT2D eigenvalue weighted by Gasteiger charge is 2.43. The van der Waals surface area contributed by atoms with E-state index in [4.69, 9.17) is 4.74 Å². The summed E-state index contributed by atoms with van der Waals surface area (Å²) in [5.74, 6) is -0.798. The lowest BCUT2D eigenvalue weighted by Gasteiger charge is -2.37. The lowest BCUT2D eigenvalue weighted by atomic mass is 9.91. The molecule has 1 spiro atoms. The molecule has 1 N–H and O–H groups in total. The van der Waals surface area contributed by atoms with Gasteiger partial charge >= 0.3 is 6.09 Å². The first-order chi connectivity index (χ1) is 12.5. The number of imide groups is 1. The number of nitrogens with zero attached hydrogens (tertiary/aromatic N) is 2. The van der Waals surface area contributed by atoms with Gasteiger partial charge in [0.15, 0.2) is 0 Å². The predicted molar refractivity (Wildman–Crippen MR) is 89.5 cm³/mol. The van der Waals surface area contributed by atoms with Crippen molar-refractivity contribution in [2.45, 2.75) is 24.9 Å². The van der Waals surface area contributed by atoms with Crippen molar-refractivity contribution in [3.8, 4) is 0 Å². The zero-order valence-electron chi connectivity index (χ0n) is 14.2. The van der Waals surface area contributed by atoms with Crippen LogP contribution in [0.3, 0.4) is 0 Å². The number of rotatable bonds is 3. The van der Waals surface area contributed by atoms with Crippen LogP contribution < -0.4 is 5.32 Å². The molecule has 4 rings (SSSR count). The smallest absolute Gasteiger partial charge is 0.407 e. The van der Waals surface area contributed by atoms with Crippen LogP contribution in [0.4, 0.5) is 4.79 Å². The standard InChI is InChI=1S/C18H19N3O5/c22-14(20-9-6-18(7-10-20)11-19-17(25)26-18)5-8-21-15(23)12-3-1-2-4-13(12)16(21)24/h1-4H,5-11H2,(H,19,25). The van der Waals surface area contributed by atoms with Crippen molar-refractivity contribution in [3.05, 3.63) is 35.4 Å². The molecule has 2 fully saturated rings. The van der Waals surface area contributed by atoms with Crippen molar-refractivity contribution in [3.63, 3.8) is 0 Å². The van der Waals surface area contributed by atoms with Gasteiger partial charge in [-0.05, 0) is 12.1 Å². The van der Waals surface area contributed by atoms with Gasteiger partial charge in [-0.3, -0.25) is 19.3 Å². The Hall–Kier alpha value is -2.90. The summed E-state index contributed by atoms with van der Waals surface area (Å²) < 4.78 is 5.34. The highest BCUT2D eigenvalue weighted by Crippen LogP contribution is 2.29. The SMILES string of the molecule is O=C1NCC2(CCN(C(=O)CCN3C(=O)c4ccccc4C3=O)CC2)O1. The van der Waals surface area contributed by atoms with E-state index < -0.39 is 11.7 Å². The first-order valence-corrected chi connectivity index (χ1v) is 8.69. The summed E-state index contributed by atoms with van der Waals surface area (Å²) in [5.41, 5.74) is 0.275. The van der Waals surface area contributed by atoms with E-state index in [0.29, 0.717) is 43.6 Å². The zero-order chi connectivity index (χ0) is 18.3. The Balaban J connectivity index is 1.32. The number of hydrogen-bond donors (Lipinski definition) is 1. The maximum Gasteiger partial charge on any atom is 0.407 e. The third kappa shape index (κ3) is 2.71. The van der Waals surface area contributed by atoms with Crippen molar-refractivity contribution >= 4 is 23.8 Å². The van der Waals surface area contributed by atoms with Gasteiger partial charge in [-0.25, -0.2) is 4.79 Å². The summed E-state index contributed by atoms with van der Waals surface area (Å²) in [6, 6.07) is 6.68. The molecule has 1 aromatic rings. The topological polar surface area (TPSA) is 96.0 Å². The minimum Gasteiger partial charge on any atom is -0.441 e. The zero-order valence-corrected chi connectivity index (χ0v) is 14.2. The van der Waals surface area contributed by atoms with Gasteiger partial charge in [-0.15, -0.1) is 0 Å². The monoisotopic (exact) mass is 357 g/mol. The van der Waals surface area contributed by atoms with Crippen LogP contribution in [0.1, 0.15) is 40.0 Å². The van der Waals surface area contributed by atoms with Gasteiger partial charge in [0.25, 0.3) is 11.8 Å². The molecule has 3 aliphatic rings. The molecule has 3 heterocycles. The molecule has 2 saturated heterocycles. The van der Waals surface area contributed by atoms with E-state index in [2.05, 4.69) is 5.32 Å². The van der Waals surface area contributed by atoms with Crippen LogP contribution >= 0.6 is 0 Å². The van der Waals surface area contributed by atoms with Crippen LogP contribution in [-0.2, 0) is 9.53 Å². The van der Waals surface area contributed by atoms with Crippen LogP contribution in [0, 0.1) is 0 Å².